The van der Waals surface area contributed by atoms with E-state index >= 15 is 0 Å². The number of morpholine rings is 1. The number of rotatable bonds is 5. The van der Waals surface area contributed by atoms with Gasteiger partial charge in [0.25, 0.3) is 0 Å². The summed E-state index contributed by atoms with van der Waals surface area (Å²) in [5.74, 6) is -0.250. The van der Waals surface area contributed by atoms with Crippen molar-refractivity contribution in [3.8, 4) is 22.6 Å². The second-order valence-electron chi connectivity index (χ2n) is 9.34. The molecule has 2 fully saturated rings. The molecule has 0 spiro atoms. The average molecular weight is 516 g/mol. The predicted molar refractivity (Wildman–Crippen MR) is 130 cm³/mol. The lowest BCUT2D eigenvalue weighted by Crippen LogP contribution is -2.55. The molecule has 11 heteroatoms. The van der Waals surface area contributed by atoms with Gasteiger partial charge >= 0.3 is 0 Å². The van der Waals surface area contributed by atoms with Crippen LogP contribution in [0.4, 0.5) is 0 Å². The molecule has 3 heterocycles. The van der Waals surface area contributed by atoms with Crippen LogP contribution in [0.25, 0.3) is 22.1 Å². The van der Waals surface area contributed by atoms with Crippen LogP contribution in [0.1, 0.15) is 17.2 Å². The highest BCUT2D eigenvalue weighted by atomic mass is 16.5. The van der Waals surface area contributed by atoms with Crippen molar-refractivity contribution in [3.05, 3.63) is 57.9 Å². The van der Waals surface area contributed by atoms with Gasteiger partial charge in [0.1, 0.15) is 53.9 Å². The van der Waals surface area contributed by atoms with E-state index in [1.54, 1.807) is 12.1 Å². The lowest BCUT2D eigenvalue weighted by molar-refractivity contribution is -0.231. The number of aromatic hydroxyl groups is 2. The van der Waals surface area contributed by atoms with Crippen molar-refractivity contribution in [1.29, 1.82) is 0 Å². The van der Waals surface area contributed by atoms with Gasteiger partial charge in [-0.3, -0.25) is 9.69 Å². The van der Waals surface area contributed by atoms with Crippen molar-refractivity contribution in [2.24, 2.45) is 0 Å². The predicted octanol–water partition coefficient (Wildman–Crippen LogP) is 0.218. The molecule has 2 aliphatic heterocycles. The van der Waals surface area contributed by atoms with Gasteiger partial charge in [0.15, 0.2) is 0 Å². The minimum absolute atomic E-state index is 0.0644. The molecule has 198 valence electrons. The second kappa shape index (κ2) is 10.4. The summed E-state index contributed by atoms with van der Waals surface area (Å²) in [4.78, 5) is 15.7. The molecule has 1 aromatic heterocycles. The number of fused-ring (bicyclic) bond motifs is 1. The van der Waals surface area contributed by atoms with Crippen molar-refractivity contribution in [2.75, 3.05) is 32.9 Å². The first-order chi connectivity index (χ1) is 17.8. The Morgan fingerprint density at radius 3 is 2.41 bits per heavy atom. The highest BCUT2D eigenvalue weighted by Crippen LogP contribution is 2.40. The first-order valence-electron chi connectivity index (χ1n) is 12.0. The van der Waals surface area contributed by atoms with Crippen LogP contribution in [0, 0.1) is 0 Å². The van der Waals surface area contributed by atoms with Gasteiger partial charge in [-0.15, -0.1) is 0 Å². The molecular weight excluding hydrogens is 486 g/mol. The molecule has 11 nitrogen and oxygen atoms in total. The lowest BCUT2D eigenvalue weighted by atomic mass is 9.89. The highest BCUT2D eigenvalue weighted by molar-refractivity contribution is 5.86. The number of hydrogen-bond donors (Lipinski definition) is 6. The highest BCUT2D eigenvalue weighted by Gasteiger charge is 2.45. The van der Waals surface area contributed by atoms with Crippen LogP contribution >= 0.6 is 0 Å². The van der Waals surface area contributed by atoms with E-state index in [1.807, 2.05) is 0 Å². The molecule has 0 bridgehead atoms. The molecule has 2 aliphatic rings. The van der Waals surface area contributed by atoms with E-state index in [4.69, 9.17) is 13.9 Å². The Labute approximate surface area is 211 Å². The first kappa shape index (κ1) is 25.6. The maximum Gasteiger partial charge on any atom is 0.200 e. The van der Waals surface area contributed by atoms with Crippen LogP contribution in [0.2, 0.25) is 0 Å². The smallest absolute Gasteiger partial charge is 0.200 e. The zero-order chi connectivity index (χ0) is 26.3. The Morgan fingerprint density at radius 1 is 0.946 bits per heavy atom. The standard InChI is InChI=1S/C26H29NO10/c28-11-19-22(32)23(33)24(34)26(37-19)20-18(30)4-2-15-21(31)16(12-36-25(15)20)13-1-3-17(29)14(9-13)10-27-5-7-35-8-6-27/h1-4,9,12,19,22-24,26,28-30,32-34H,5-8,10-11H2/t19-,22-,23+,24-,26+/m1/s1. The number of nitrogens with zero attached hydrogens (tertiary/aromatic N) is 1. The number of ether oxygens (including phenoxy) is 2. The third-order valence-electron chi connectivity index (χ3n) is 7.02. The summed E-state index contributed by atoms with van der Waals surface area (Å²) < 4.78 is 16.8. The summed E-state index contributed by atoms with van der Waals surface area (Å²) in [6, 6.07) is 7.48. The molecule has 6 N–H and O–H groups in total. The van der Waals surface area contributed by atoms with E-state index < -0.39 is 42.6 Å². The van der Waals surface area contributed by atoms with Gasteiger partial charge < -0.3 is 44.5 Å². The Kier molecular flexibility index (Phi) is 7.19. The Balaban J connectivity index is 1.55. The minimum Gasteiger partial charge on any atom is -0.508 e. The number of benzene rings is 2. The summed E-state index contributed by atoms with van der Waals surface area (Å²) in [6.07, 6.45) is -6.28. The van der Waals surface area contributed by atoms with Crippen LogP contribution in [0.5, 0.6) is 11.5 Å². The number of hydrogen-bond acceptors (Lipinski definition) is 11. The molecule has 0 unspecified atom stereocenters. The lowest BCUT2D eigenvalue weighted by Gasteiger charge is -2.40. The van der Waals surface area contributed by atoms with Gasteiger partial charge in [0.2, 0.25) is 5.43 Å². The van der Waals surface area contributed by atoms with Crippen molar-refractivity contribution in [2.45, 2.75) is 37.1 Å². The van der Waals surface area contributed by atoms with Crippen LogP contribution in [-0.2, 0) is 16.0 Å². The van der Waals surface area contributed by atoms with E-state index in [1.165, 1.54) is 24.5 Å². The summed E-state index contributed by atoms with van der Waals surface area (Å²) in [5, 5.41) is 61.5. The number of aliphatic hydroxyl groups is 4. The van der Waals surface area contributed by atoms with Crippen LogP contribution in [0.15, 0.2) is 45.8 Å². The Hall–Kier alpha value is -3.03. The van der Waals surface area contributed by atoms with Crippen LogP contribution in [0.3, 0.4) is 0 Å². The molecule has 0 amide bonds. The fraction of sp³-hybridized carbons (Fsp3) is 0.423. The minimum atomic E-state index is -1.67. The zero-order valence-corrected chi connectivity index (χ0v) is 19.9. The van der Waals surface area contributed by atoms with E-state index in [9.17, 15) is 35.4 Å². The fourth-order valence-electron chi connectivity index (χ4n) is 4.91. The van der Waals surface area contributed by atoms with Gasteiger partial charge in [0.05, 0.1) is 36.3 Å². The van der Waals surface area contributed by atoms with E-state index in [2.05, 4.69) is 4.90 Å². The number of phenols is 2. The molecule has 37 heavy (non-hydrogen) atoms. The monoisotopic (exact) mass is 515 g/mol. The van der Waals surface area contributed by atoms with Crippen LogP contribution < -0.4 is 5.43 Å². The summed E-state index contributed by atoms with van der Waals surface area (Å²) >= 11 is 0. The average Bonchev–Trinajstić information content (AvgIpc) is 2.90. The van der Waals surface area contributed by atoms with E-state index in [-0.39, 0.29) is 33.6 Å². The van der Waals surface area contributed by atoms with E-state index in [0.717, 1.165) is 13.1 Å². The second-order valence-corrected chi connectivity index (χ2v) is 9.34. The molecule has 0 aliphatic carbocycles. The molecule has 5 rings (SSSR count). The van der Waals surface area contributed by atoms with Crippen molar-refractivity contribution in [3.63, 3.8) is 0 Å². The van der Waals surface area contributed by atoms with E-state index in [0.29, 0.717) is 30.9 Å². The van der Waals surface area contributed by atoms with Gasteiger partial charge in [-0.1, -0.05) is 6.07 Å². The van der Waals surface area contributed by atoms with Crippen molar-refractivity contribution in [1.82, 2.24) is 4.90 Å². The number of aliphatic hydroxyl groups excluding tert-OH is 4. The van der Waals surface area contributed by atoms with Gasteiger partial charge in [-0.05, 0) is 29.8 Å². The maximum absolute atomic E-state index is 13.5. The quantitative estimate of drug-likeness (QED) is 0.274. The summed E-state index contributed by atoms with van der Waals surface area (Å²) in [6.45, 7) is 2.51. The maximum atomic E-state index is 13.5. The van der Waals surface area contributed by atoms with Crippen molar-refractivity contribution < 1.29 is 44.5 Å². The molecule has 5 atom stereocenters. The molecule has 0 saturated carbocycles. The first-order valence-corrected chi connectivity index (χ1v) is 12.0. The zero-order valence-electron chi connectivity index (χ0n) is 19.9. The Bertz CT molecular complexity index is 1330. The number of phenolic OH excluding ortho intramolecular Hbond substituents is 2. The fourth-order valence-corrected chi connectivity index (χ4v) is 4.91. The normalized spacial score (nSPS) is 27.0. The third kappa shape index (κ3) is 4.71. The summed E-state index contributed by atoms with van der Waals surface area (Å²) in [7, 11) is 0. The SMILES string of the molecule is O=c1c(-c2ccc(O)c(CN3CCOCC3)c2)coc2c([C@@H]3O[C@H](CO)[C@@H](O)[C@H](O)[C@H]3O)c(O)ccc12. The van der Waals surface area contributed by atoms with Gasteiger partial charge in [-0.25, -0.2) is 0 Å². The van der Waals surface area contributed by atoms with Gasteiger partial charge in [0, 0.05) is 25.2 Å². The Morgan fingerprint density at radius 2 is 1.68 bits per heavy atom. The molecular formula is C26H29NO10. The molecule has 2 aromatic carbocycles. The largest absolute Gasteiger partial charge is 0.508 e. The third-order valence-corrected chi connectivity index (χ3v) is 7.02. The topological polar surface area (TPSA) is 173 Å². The molecule has 0 radical (unpaired) electrons. The van der Waals surface area contributed by atoms with Gasteiger partial charge in [-0.2, -0.15) is 0 Å². The molecule has 3 aromatic rings. The summed E-state index contributed by atoms with van der Waals surface area (Å²) in [5.41, 5.74) is 0.823. The van der Waals surface area contributed by atoms with Crippen LogP contribution in [-0.4, -0.2) is 92.9 Å². The molecule has 2 saturated heterocycles. The van der Waals surface area contributed by atoms with Crippen molar-refractivity contribution >= 4 is 11.0 Å².